The van der Waals surface area contributed by atoms with Crippen molar-refractivity contribution in [1.82, 2.24) is 4.57 Å². The monoisotopic (exact) mass is 344 g/mol. The average Bonchev–Trinajstić information content (AvgIpc) is 2.94. The van der Waals surface area contributed by atoms with Gasteiger partial charge in [0.05, 0.1) is 0 Å². The number of aromatic nitrogens is 1. The zero-order valence-corrected chi connectivity index (χ0v) is 14.6. The van der Waals surface area contributed by atoms with E-state index in [1.807, 2.05) is 24.3 Å². The van der Waals surface area contributed by atoms with Crippen molar-refractivity contribution in [3.05, 3.63) is 70.6 Å². The Morgan fingerprint density at radius 2 is 1.92 bits per heavy atom. The molecule has 0 aliphatic heterocycles. The number of nitrogens with zero attached hydrogens (tertiary/aromatic N) is 1. The van der Waals surface area contributed by atoms with Gasteiger partial charge in [-0.25, -0.2) is 4.39 Å². The zero-order valence-electron chi connectivity index (χ0n) is 13.8. The van der Waals surface area contributed by atoms with Crippen LogP contribution in [0.25, 0.3) is 10.9 Å². The highest BCUT2D eigenvalue weighted by atomic mass is 35.5. The molecular weight excluding hydrogens is 323 g/mol. The Hall–Kier alpha value is -1.84. The van der Waals surface area contributed by atoms with Crippen molar-refractivity contribution in [2.75, 3.05) is 6.54 Å². The molecular formula is C20H22ClFN2. The molecule has 0 aliphatic rings. The predicted molar refractivity (Wildman–Crippen MR) is 99.1 cm³/mol. The van der Waals surface area contributed by atoms with Crippen LogP contribution in [0.3, 0.4) is 0 Å². The maximum absolute atomic E-state index is 13.0. The lowest BCUT2D eigenvalue weighted by atomic mass is 10.0. The van der Waals surface area contributed by atoms with Gasteiger partial charge in [-0.1, -0.05) is 30.7 Å². The molecule has 2 nitrogen and oxygen atoms in total. The molecule has 0 spiro atoms. The van der Waals surface area contributed by atoms with Crippen LogP contribution in [0, 0.1) is 5.82 Å². The van der Waals surface area contributed by atoms with Gasteiger partial charge >= 0.3 is 0 Å². The van der Waals surface area contributed by atoms with Crippen molar-refractivity contribution in [2.24, 2.45) is 5.73 Å². The van der Waals surface area contributed by atoms with E-state index >= 15 is 0 Å². The van der Waals surface area contributed by atoms with E-state index in [0.29, 0.717) is 12.5 Å². The quantitative estimate of drug-likeness (QED) is 0.660. The molecule has 0 saturated heterocycles. The van der Waals surface area contributed by atoms with Crippen LogP contribution in [0.5, 0.6) is 0 Å². The lowest BCUT2D eigenvalue weighted by Gasteiger charge is -2.06. The molecule has 0 aliphatic carbocycles. The van der Waals surface area contributed by atoms with Crippen LogP contribution in [0.1, 0.15) is 30.4 Å². The Labute approximate surface area is 147 Å². The fraction of sp³-hybridized carbons (Fsp3) is 0.300. The van der Waals surface area contributed by atoms with Crippen molar-refractivity contribution in [1.29, 1.82) is 0 Å². The van der Waals surface area contributed by atoms with Crippen LogP contribution in [0.15, 0.2) is 48.7 Å². The molecule has 0 fully saturated rings. The van der Waals surface area contributed by atoms with Crippen molar-refractivity contribution in [3.8, 4) is 0 Å². The Balaban J connectivity index is 1.80. The average molecular weight is 345 g/mol. The Morgan fingerprint density at radius 1 is 1.17 bits per heavy atom. The summed E-state index contributed by atoms with van der Waals surface area (Å²) < 4.78 is 15.2. The summed E-state index contributed by atoms with van der Waals surface area (Å²) in [7, 11) is 0. The Morgan fingerprint density at radius 3 is 2.62 bits per heavy atom. The van der Waals surface area contributed by atoms with E-state index < -0.39 is 0 Å². The van der Waals surface area contributed by atoms with Crippen molar-refractivity contribution >= 4 is 22.5 Å². The molecule has 0 amide bonds. The standard InChI is InChI=1S/C20H22ClFN2/c1-14(12-23)19-13-24(20-9-6-16(21)11-18(19)20)10-2-3-15-4-7-17(22)8-5-15/h4-9,11,13-14H,2-3,10,12,23H2,1H3. The zero-order chi connectivity index (χ0) is 17.1. The number of fused-ring (bicyclic) bond motifs is 1. The third kappa shape index (κ3) is 3.63. The Kier molecular flexibility index (Phi) is 5.22. The molecule has 2 N–H and O–H groups in total. The summed E-state index contributed by atoms with van der Waals surface area (Å²) in [4.78, 5) is 0. The molecule has 3 rings (SSSR count). The van der Waals surface area contributed by atoms with Gasteiger partial charge in [0.1, 0.15) is 5.82 Å². The molecule has 4 heteroatoms. The first-order chi connectivity index (χ1) is 11.6. The van der Waals surface area contributed by atoms with E-state index in [1.165, 1.54) is 28.6 Å². The van der Waals surface area contributed by atoms with Crippen LogP contribution >= 0.6 is 11.6 Å². The minimum atomic E-state index is -0.188. The summed E-state index contributed by atoms with van der Waals surface area (Å²) in [5, 5.41) is 1.93. The first kappa shape index (κ1) is 17.0. The number of nitrogens with two attached hydrogens (primary N) is 1. The number of hydrogen-bond donors (Lipinski definition) is 1. The number of rotatable bonds is 6. The summed E-state index contributed by atoms with van der Waals surface area (Å²) >= 11 is 6.17. The second kappa shape index (κ2) is 7.37. The fourth-order valence-corrected chi connectivity index (χ4v) is 3.28. The fourth-order valence-electron chi connectivity index (χ4n) is 3.11. The van der Waals surface area contributed by atoms with Crippen LogP contribution in [0.4, 0.5) is 4.39 Å². The van der Waals surface area contributed by atoms with E-state index in [4.69, 9.17) is 17.3 Å². The van der Waals surface area contributed by atoms with Gasteiger partial charge in [-0.3, -0.25) is 0 Å². The highest BCUT2D eigenvalue weighted by Gasteiger charge is 2.13. The maximum Gasteiger partial charge on any atom is 0.123 e. The summed E-state index contributed by atoms with van der Waals surface area (Å²) in [5.74, 6) is 0.108. The molecule has 24 heavy (non-hydrogen) atoms. The van der Waals surface area contributed by atoms with Crippen molar-refractivity contribution < 1.29 is 4.39 Å². The Bertz CT molecular complexity index is 824. The van der Waals surface area contributed by atoms with Gasteiger partial charge in [-0.05, 0) is 66.8 Å². The SMILES string of the molecule is CC(CN)c1cn(CCCc2ccc(F)cc2)c2ccc(Cl)cc12. The number of halogens is 2. The molecule has 0 radical (unpaired) electrons. The minimum absolute atomic E-state index is 0.188. The van der Waals surface area contributed by atoms with Crippen LogP contribution in [0.2, 0.25) is 5.02 Å². The molecule has 1 heterocycles. The van der Waals surface area contributed by atoms with Gasteiger partial charge in [0.15, 0.2) is 0 Å². The number of hydrogen-bond acceptors (Lipinski definition) is 1. The summed E-state index contributed by atoms with van der Waals surface area (Å²) in [6, 6.07) is 12.8. The second-order valence-corrected chi connectivity index (χ2v) is 6.74. The van der Waals surface area contributed by atoms with Crippen LogP contribution in [-0.2, 0) is 13.0 Å². The summed E-state index contributed by atoms with van der Waals surface area (Å²) in [6.07, 6.45) is 4.12. The van der Waals surface area contributed by atoms with Gasteiger partial charge in [0.2, 0.25) is 0 Å². The maximum atomic E-state index is 13.0. The molecule has 1 atom stereocenters. The largest absolute Gasteiger partial charge is 0.347 e. The molecule has 0 saturated carbocycles. The topological polar surface area (TPSA) is 30.9 Å². The molecule has 0 bridgehead atoms. The third-order valence-electron chi connectivity index (χ3n) is 4.54. The first-order valence-corrected chi connectivity index (χ1v) is 8.69. The third-order valence-corrected chi connectivity index (χ3v) is 4.77. The normalized spacial score (nSPS) is 12.7. The van der Waals surface area contributed by atoms with E-state index in [9.17, 15) is 4.39 Å². The molecule has 3 aromatic rings. The second-order valence-electron chi connectivity index (χ2n) is 6.31. The number of benzene rings is 2. The van der Waals surface area contributed by atoms with Crippen molar-refractivity contribution in [2.45, 2.75) is 32.2 Å². The number of aryl methyl sites for hydroxylation is 2. The molecule has 126 valence electrons. The molecule has 1 aromatic heterocycles. The van der Waals surface area contributed by atoms with Gasteiger partial charge < -0.3 is 10.3 Å². The minimum Gasteiger partial charge on any atom is -0.347 e. The van der Waals surface area contributed by atoms with Gasteiger partial charge in [0, 0.05) is 28.7 Å². The van der Waals surface area contributed by atoms with E-state index in [2.05, 4.69) is 23.8 Å². The lowest BCUT2D eigenvalue weighted by Crippen LogP contribution is -2.08. The van der Waals surface area contributed by atoms with Crippen molar-refractivity contribution in [3.63, 3.8) is 0 Å². The first-order valence-electron chi connectivity index (χ1n) is 8.31. The smallest absolute Gasteiger partial charge is 0.123 e. The van der Waals surface area contributed by atoms with Gasteiger partial charge in [0.25, 0.3) is 0 Å². The predicted octanol–water partition coefficient (Wildman–Crippen LogP) is 5.13. The summed E-state index contributed by atoms with van der Waals surface area (Å²) in [5.41, 5.74) is 9.45. The molecule has 1 unspecified atom stereocenters. The van der Waals surface area contributed by atoms with Crippen LogP contribution < -0.4 is 5.73 Å². The van der Waals surface area contributed by atoms with Crippen LogP contribution in [-0.4, -0.2) is 11.1 Å². The van der Waals surface area contributed by atoms with Gasteiger partial charge in [-0.15, -0.1) is 0 Å². The van der Waals surface area contributed by atoms with E-state index in [1.54, 1.807) is 0 Å². The molecule has 2 aromatic carbocycles. The van der Waals surface area contributed by atoms with E-state index in [-0.39, 0.29) is 5.82 Å². The highest BCUT2D eigenvalue weighted by molar-refractivity contribution is 6.31. The lowest BCUT2D eigenvalue weighted by molar-refractivity contribution is 0.624. The van der Waals surface area contributed by atoms with Gasteiger partial charge in [-0.2, -0.15) is 0 Å². The highest BCUT2D eigenvalue weighted by Crippen LogP contribution is 2.30. The van der Waals surface area contributed by atoms with E-state index in [0.717, 1.165) is 30.0 Å². The summed E-state index contributed by atoms with van der Waals surface area (Å²) in [6.45, 7) is 3.66.